The van der Waals surface area contributed by atoms with Crippen LogP contribution in [0.5, 0.6) is 0 Å². The Hall–Kier alpha value is -1.26. The lowest BCUT2D eigenvalue weighted by Crippen LogP contribution is -2.61. The highest BCUT2D eigenvalue weighted by Crippen LogP contribution is 2.31. The van der Waals surface area contributed by atoms with E-state index in [9.17, 15) is 9.59 Å². The molecule has 1 aliphatic heterocycles. The third kappa shape index (κ3) is 4.11. The van der Waals surface area contributed by atoms with E-state index >= 15 is 0 Å². The van der Waals surface area contributed by atoms with Crippen LogP contribution in [-0.2, 0) is 9.53 Å². The minimum Gasteiger partial charge on any atom is -0.449 e. The van der Waals surface area contributed by atoms with Crippen LogP contribution in [0.15, 0.2) is 0 Å². The summed E-state index contributed by atoms with van der Waals surface area (Å²) in [6.07, 6.45) is 6.95. The van der Waals surface area contributed by atoms with Crippen molar-refractivity contribution in [3.63, 3.8) is 0 Å². The minimum absolute atomic E-state index is 0.128. The van der Waals surface area contributed by atoms with Gasteiger partial charge >= 0.3 is 6.09 Å². The van der Waals surface area contributed by atoms with Crippen LogP contribution in [0.1, 0.15) is 45.4 Å². The second-order valence-electron chi connectivity index (χ2n) is 5.72. The normalized spacial score (nSPS) is 30.2. The highest BCUT2D eigenvalue weighted by atomic mass is 16.5. The highest BCUT2D eigenvalue weighted by Gasteiger charge is 2.30. The molecule has 5 nitrogen and oxygen atoms in total. The Bertz CT molecular complexity index is 325. The van der Waals surface area contributed by atoms with Crippen molar-refractivity contribution in [2.75, 3.05) is 13.2 Å². The fraction of sp³-hybridized carbons (Fsp3) is 0.857. The molecule has 1 aliphatic carbocycles. The molecule has 0 aromatic carbocycles. The van der Waals surface area contributed by atoms with Gasteiger partial charge in [-0.1, -0.05) is 32.6 Å². The summed E-state index contributed by atoms with van der Waals surface area (Å²) in [5.41, 5.74) is 0. The molecule has 1 heterocycles. The number of hydrogen-bond acceptors (Lipinski definition) is 3. The number of β-lactam (4-membered cyclic amide) rings is 1. The largest absolute Gasteiger partial charge is 0.449 e. The molecule has 0 spiro atoms. The lowest BCUT2D eigenvalue weighted by molar-refractivity contribution is -0.128. The molecule has 0 radical (unpaired) electrons. The summed E-state index contributed by atoms with van der Waals surface area (Å²) in [6.45, 7) is 3.23. The molecule has 2 N–H and O–H groups in total. The Morgan fingerprint density at radius 1 is 1.32 bits per heavy atom. The third-order valence-electron chi connectivity index (χ3n) is 4.20. The van der Waals surface area contributed by atoms with Gasteiger partial charge in [-0.3, -0.25) is 4.79 Å². The van der Waals surface area contributed by atoms with Gasteiger partial charge in [0.2, 0.25) is 5.91 Å². The third-order valence-corrected chi connectivity index (χ3v) is 4.20. The van der Waals surface area contributed by atoms with E-state index in [-0.39, 0.29) is 5.91 Å². The number of carbonyl (C=O) groups excluding carboxylic acids is 2. The number of hydrogen-bond donors (Lipinski definition) is 2. The first kappa shape index (κ1) is 14.2. The number of amides is 2. The zero-order valence-electron chi connectivity index (χ0n) is 11.6. The molecule has 0 aromatic rings. The van der Waals surface area contributed by atoms with Crippen molar-refractivity contribution >= 4 is 12.0 Å². The number of alkyl carbamates (subject to hydrolysis) is 1. The molecular weight excluding hydrogens is 244 g/mol. The van der Waals surface area contributed by atoms with E-state index < -0.39 is 12.1 Å². The lowest BCUT2D eigenvalue weighted by Gasteiger charge is -2.29. The molecule has 5 heteroatoms. The molecule has 0 bridgehead atoms. The average Bonchev–Trinajstić information content (AvgIpc) is 2.43. The van der Waals surface area contributed by atoms with Crippen LogP contribution in [-0.4, -0.2) is 31.2 Å². The molecule has 2 amide bonds. The molecule has 1 atom stereocenters. The Kier molecular flexibility index (Phi) is 5.05. The molecule has 1 saturated heterocycles. The van der Waals surface area contributed by atoms with Gasteiger partial charge in [-0.05, 0) is 24.7 Å². The summed E-state index contributed by atoms with van der Waals surface area (Å²) < 4.78 is 5.20. The fourth-order valence-electron chi connectivity index (χ4n) is 2.88. The topological polar surface area (TPSA) is 67.4 Å². The standard InChI is InChI=1S/C14H24N2O3/c1-2-3-10-4-6-11(7-5-10)9-19-14(18)16-12-8-15-13(12)17/h10-12H,2-9H2,1H3,(H,15,17)(H,16,18)/t10-,11-,12-/m0/s1. The van der Waals surface area contributed by atoms with Gasteiger partial charge in [-0.25, -0.2) is 4.79 Å². The molecule has 19 heavy (non-hydrogen) atoms. The van der Waals surface area contributed by atoms with Crippen molar-refractivity contribution in [1.29, 1.82) is 0 Å². The van der Waals surface area contributed by atoms with Gasteiger partial charge in [0, 0.05) is 6.54 Å². The molecular formula is C14H24N2O3. The van der Waals surface area contributed by atoms with Crippen LogP contribution in [0.2, 0.25) is 0 Å². The Morgan fingerprint density at radius 3 is 2.53 bits per heavy atom. The number of rotatable bonds is 5. The second-order valence-corrected chi connectivity index (χ2v) is 5.72. The predicted octanol–water partition coefficient (Wildman–Crippen LogP) is 1.82. The highest BCUT2D eigenvalue weighted by molar-refractivity contribution is 5.90. The molecule has 108 valence electrons. The number of ether oxygens (including phenoxy) is 1. The summed E-state index contributed by atoms with van der Waals surface area (Å²) in [7, 11) is 0. The molecule has 2 rings (SSSR count). The van der Waals surface area contributed by atoms with Crippen LogP contribution in [0.3, 0.4) is 0 Å². The van der Waals surface area contributed by atoms with Crippen LogP contribution < -0.4 is 10.6 Å². The predicted molar refractivity (Wildman–Crippen MR) is 71.6 cm³/mol. The minimum atomic E-state index is -0.462. The van der Waals surface area contributed by atoms with Crippen molar-refractivity contribution in [1.82, 2.24) is 10.6 Å². The van der Waals surface area contributed by atoms with Crippen molar-refractivity contribution in [2.45, 2.75) is 51.5 Å². The van der Waals surface area contributed by atoms with E-state index in [2.05, 4.69) is 17.6 Å². The molecule has 0 aromatic heterocycles. The van der Waals surface area contributed by atoms with E-state index in [1.165, 1.54) is 25.7 Å². The summed E-state index contributed by atoms with van der Waals surface area (Å²) in [6, 6.07) is -0.396. The summed E-state index contributed by atoms with van der Waals surface area (Å²) in [5.74, 6) is 1.24. The summed E-state index contributed by atoms with van der Waals surface area (Å²) in [4.78, 5) is 22.5. The Morgan fingerprint density at radius 2 is 2.00 bits per heavy atom. The molecule has 2 aliphatic rings. The zero-order valence-corrected chi connectivity index (χ0v) is 11.6. The molecule has 2 fully saturated rings. The monoisotopic (exact) mass is 268 g/mol. The van der Waals surface area contributed by atoms with Crippen molar-refractivity contribution in [3.8, 4) is 0 Å². The SMILES string of the molecule is CCC[C@H]1CC[C@H](COC(=O)N[C@H]2CNC2=O)CC1. The van der Waals surface area contributed by atoms with E-state index in [1.54, 1.807) is 0 Å². The first-order valence-corrected chi connectivity index (χ1v) is 7.40. The van der Waals surface area contributed by atoms with Gasteiger partial charge in [0.15, 0.2) is 0 Å². The van der Waals surface area contributed by atoms with Gasteiger partial charge in [-0.2, -0.15) is 0 Å². The van der Waals surface area contributed by atoms with E-state index in [0.29, 0.717) is 19.1 Å². The smallest absolute Gasteiger partial charge is 0.407 e. The van der Waals surface area contributed by atoms with Gasteiger partial charge in [0.25, 0.3) is 0 Å². The van der Waals surface area contributed by atoms with E-state index in [0.717, 1.165) is 18.8 Å². The van der Waals surface area contributed by atoms with Crippen molar-refractivity contribution in [2.24, 2.45) is 11.8 Å². The lowest BCUT2D eigenvalue weighted by atomic mass is 9.80. The fourth-order valence-corrected chi connectivity index (χ4v) is 2.88. The maximum atomic E-state index is 11.5. The van der Waals surface area contributed by atoms with Gasteiger partial charge in [-0.15, -0.1) is 0 Å². The van der Waals surface area contributed by atoms with Crippen LogP contribution in [0, 0.1) is 11.8 Å². The second kappa shape index (κ2) is 6.78. The van der Waals surface area contributed by atoms with Crippen LogP contribution >= 0.6 is 0 Å². The van der Waals surface area contributed by atoms with Gasteiger partial charge in [0.05, 0.1) is 6.61 Å². The number of nitrogens with one attached hydrogen (secondary N) is 2. The van der Waals surface area contributed by atoms with Crippen LogP contribution in [0.25, 0.3) is 0 Å². The van der Waals surface area contributed by atoms with Crippen molar-refractivity contribution in [3.05, 3.63) is 0 Å². The van der Waals surface area contributed by atoms with Crippen molar-refractivity contribution < 1.29 is 14.3 Å². The average molecular weight is 268 g/mol. The molecule has 1 saturated carbocycles. The first-order chi connectivity index (χ1) is 9.19. The van der Waals surface area contributed by atoms with Crippen LogP contribution in [0.4, 0.5) is 4.79 Å². The quantitative estimate of drug-likeness (QED) is 0.747. The van der Waals surface area contributed by atoms with Gasteiger partial charge in [0.1, 0.15) is 6.04 Å². The first-order valence-electron chi connectivity index (χ1n) is 7.40. The maximum Gasteiger partial charge on any atom is 0.407 e. The number of carbonyl (C=O) groups is 2. The van der Waals surface area contributed by atoms with E-state index in [1.807, 2.05) is 0 Å². The molecule has 0 unspecified atom stereocenters. The van der Waals surface area contributed by atoms with E-state index in [4.69, 9.17) is 4.74 Å². The zero-order chi connectivity index (χ0) is 13.7. The maximum absolute atomic E-state index is 11.5. The Balaban J connectivity index is 1.58. The summed E-state index contributed by atoms with van der Waals surface area (Å²) in [5, 5.41) is 5.14. The Labute approximate surface area is 114 Å². The van der Waals surface area contributed by atoms with Gasteiger partial charge < -0.3 is 15.4 Å². The summed E-state index contributed by atoms with van der Waals surface area (Å²) >= 11 is 0.